The highest BCUT2D eigenvalue weighted by Gasteiger charge is 2.15. The summed E-state index contributed by atoms with van der Waals surface area (Å²) in [7, 11) is 0. The van der Waals surface area contributed by atoms with E-state index in [1.165, 1.54) is 0 Å². The molecule has 0 bridgehead atoms. The molecule has 4 aromatic rings. The first-order chi connectivity index (χ1) is 12.7. The zero-order valence-electron chi connectivity index (χ0n) is 13.9. The van der Waals surface area contributed by atoms with Crippen molar-refractivity contribution in [2.45, 2.75) is 24.4 Å². The summed E-state index contributed by atoms with van der Waals surface area (Å²) in [5, 5.41) is 16.4. The molecule has 0 spiro atoms. The second-order valence-electron chi connectivity index (χ2n) is 5.51. The Labute approximate surface area is 164 Å². The van der Waals surface area contributed by atoms with Gasteiger partial charge in [0.2, 0.25) is 0 Å². The zero-order valence-corrected chi connectivity index (χ0v) is 16.3. The van der Waals surface area contributed by atoms with Crippen molar-refractivity contribution in [3.8, 4) is 22.0 Å². The Morgan fingerprint density at radius 1 is 1.19 bits per heavy atom. The number of aromatic nitrogens is 4. The van der Waals surface area contributed by atoms with Gasteiger partial charge in [0.05, 0.1) is 10.6 Å². The number of nitrogens with zero attached hydrogens (tertiary/aromatic N) is 4. The molecule has 8 heteroatoms. The van der Waals surface area contributed by atoms with Gasteiger partial charge in [0.1, 0.15) is 0 Å². The fraction of sp³-hybridized carbons (Fsp3) is 0.167. The first-order valence-electron chi connectivity index (χ1n) is 8.06. The average Bonchev–Trinajstić information content (AvgIpc) is 3.40. The molecule has 0 N–H and O–H groups in total. The molecule has 5 nitrogen and oxygen atoms in total. The Bertz CT molecular complexity index is 993. The van der Waals surface area contributed by atoms with E-state index in [-0.39, 0.29) is 0 Å². The fourth-order valence-corrected chi connectivity index (χ4v) is 4.23. The van der Waals surface area contributed by atoms with E-state index in [0.29, 0.717) is 10.8 Å². The molecule has 4 rings (SSSR count). The summed E-state index contributed by atoms with van der Waals surface area (Å²) in [6, 6.07) is 13.6. The fourth-order valence-electron chi connectivity index (χ4n) is 2.55. The van der Waals surface area contributed by atoms with E-state index in [4.69, 9.17) is 16.1 Å². The number of benzene rings is 1. The third-order valence-electron chi connectivity index (χ3n) is 3.81. The maximum absolute atomic E-state index is 5.97. The van der Waals surface area contributed by atoms with Crippen LogP contribution in [-0.2, 0) is 12.3 Å². The van der Waals surface area contributed by atoms with E-state index in [0.717, 1.165) is 39.4 Å². The van der Waals surface area contributed by atoms with Crippen molar-refractivity contribution in [2.24, 2.45) is 0 Å². The van der Waals surface area contributed by atoms with Crippen molar-refractivity contribution in [1.29, 1.82) is 0 Å². The van der Waals surface area contributed by atoms with Gasteiger partial charge in [-0.3, -0.25) is 0 Å². The first kappa shape index (κ1) is 17.3. The summed E-state index contributed by atoms with van der Waals surface area (Å²) in [5.74, 6) is 2.31. The summed E-state index contributed by atoms with van der Waals surface area (Å²) >= 11 is 9.21. The van der Waals surface area contributed by atoms with Crippen molar-refractivity contribution in [3.63, 3.8) is 0 Å². The van der Waals surface area contributed by atoms with Crippen LogP contribution in [0.25, 0.3) is 22.0 Å². The molecule has 1 aromatic carbocycles. The van der Waals surface area contributed by atoms with E-state index >= 15 is 0 Å². The number of rotatable bonds is 6. The van der Waals surface area contributed by atoms with Gasteiger partial charge in [0.15, 0.2) is 16.7 Å². The van der Waals surface area contributed by atoms with E-state index in [2.05, 4.69) is 26.8 Å². The van der Waals surface area contributed by atoms with E-state index < -0.39 is 0 Å². The predicted molar refractivity (Wildman–Crippen MR) is 106 cm³/mol. The Kier molecular flexibility index (Phi) is 5.10. The van der Waals surface area contributed by atoms with Gasteiger partial charge < -0.3 is 9.09 Å². The smallest absolute Gasteiger partial charge is 0.191 e. The van der Waals surface area contributed by atoms with Crippen molar-refractivity contribution < 1.29 is 4.52 Å². The molecule has 0 amide bonds. The molecule has 0 atom stereocenters. The van der Waals surface area contributed by atoms with Crippen LogP contribution in [-0.4, -0.2) is 19.9 Å². The van der Waals surface area contributed by atoms with E-state index in [1.807, 2.05) is 47.8 Å². The zero-order chi connectivity index (χ0) is 17.9. The van der Waals surface area contributed by atoms with E-state index in [9.17, 15) is 0 Å². The number of thioether (sulfide) groups is 1. The van der Waals surface area contributed by atoms with Gasteiger partial charge in [0, 0.05) is 29.0 Å². The van der Waals surface area contributed by atoms with Crippen LogP contribution in [0.5, 0.6) is 0 Å². The molecule has 0 fully saturated rings. The van der Waals surface area contributed by atoms with E-state index in [1.54, 1.807) is 23.1 Å². The van der Waals surface area contributed by atoms with Crippen molar-refractivity contribution in [2.75, 3.05) is 0 Å². The molecule has 0 unspecified atom stereocenters. The molecule has 3 heterocycles. The molecule has 0 saturated heterocycles. The topological polar surface area (TPSA) is 56.7 Å². The van der Waals surface area contributed by atoms with Crippen LogP contribution in [0.15, 0.2) is 57.5 Å². The highest BCUT2D eigenvalue weighted by Crippen LogP contribution is 2.29. The van der Waals surface area contributed by atoms with Crippen molar-refractivity contribution >= 4 is 34.7 Å². The monoisotopic (exact) mass is 402 g/mol. The van der Waals surface area contributed by atoms with Crippen LogP contribution in [0.3, 0.4) is 0 Å². The standard InChI is InChI=1S/C18H15ClN4OS2/c1-2-23-17(12-5-7-13(19)8-6-12)20-21-18(23)26-11-14-10-15(24-22-14)16-4-3-9-25-16/h3-10H,2,11H2,1H3. The van der Waals surface area contributed by atoms with Gasteiger partial charge in [-0.2, -0.15) is 0 Å². The number of halogens is 1. The minimum atomic E-state index is 0.674. The molecule has 0 aliphatic heterocycles. The minimum Gasteiger partial charge on any atom is -0.355 e. The predicted octanol–water partition coefficient (Wildman–Crippen LogP) is 5.63. The Balaban J connectivity index is 1.51. The average molecular weight is 403 g/mol. The molecule has 132 valence electrons. The van der Waals surface area contributed by atoms with Crippen LogP contribution in [0.1, 0.15) is 12.6 Å². The van der Waals surface area contributed by atoms with Crippen LogP contribution in [0, 0.1) is 0 Å². The van der Waals surface area contributed by atoms with Crippen molar-refractivity contribution in [1.82, 2.24) is 19.9 Å². The second kappa shape index (κ2) is 7.65. The van der Waals surface area contributed by atoms with Crippen LogP contribution < -0.4 is 0 Å². The van der Waals surface area contributed by atoms with Gasteiger partial charge in [-0.15, -0.1) is 21.5 Å². The SMILES string of the molecule is CCn1c(SCc2cc(-c3cccs3)on2)nnc1-c1ccc(Cl)cc1. The Hall–Kier alpha value is -2.09. The van der Waals surface area contributed by atoms with Gasteiger partial charge >= 0.3 is 0 Å². The van der Waals surface area contributed by atoms with Crippen LogP contribution in [0.2, 0.25) is 5.02 Å². The summed E-state index contributed by atoms with van der Waals surface area (Å²) < 4.78 is 7.52. The van der Waals surface area contributed by atoms with Gasteiger partial charge in [-0.1, -0.05) is 34.6 Å². The highest BCUT2D eigenvalue weighted by molar-refractivity contribution is 7.98. The molecule has 0 aliphatic rings. The largest absolute Gasteiger partial charge is 0.355 e. The summed E-state index contributed by atoms with van der Waals surface area (Å²) in [4.78, 5) is 1.08. The highest BCUT2D eigenvalue weighted by atomic mass is 35.5. The molecule has 0 saturated carbocycles. The quantitative estimate of drug-likeness (QED) is 0.391. The lowest BCUT2D eigenvalue weighted by Gasteiger charge is -2.06. The van der Waals surface area contributed by atoms with Gasteiger partial charge in [-0.05, 0) is 42.6 Å². The van der Waals surface area contributed by atoms with Gasteiger partial charge in [0.25, 0.3) is 0 Å². The summed E-state index contributed by atoms with van der Waals surface area (Å²) in [6.45, 7) is 2.87. The number of thiophene rings is 1. The maximum Gasteiger partial charge on any atom is 0.191 e. The Morgan fingerprint density at radius 3 is 2.77 bits per heavy atom. The molecular formula is C18H15ClN4OS2. The molecule has 0 aliphatic carbocycles. The third kappa shape index (κ3) is 3.56. The number of hydrogen-bond acceptors (Lipinski definition) is 6. The van der Waals surface area contributed by atoms with Crippen molar-refractivity contribution in [3.05, 3.63) is 58.6 Å². The number of hydrogen-bond donors (Lipinski definition) is 0. The lowest BCUT2D eigenvalue weighted by Crippen LogP contribution is -1.99. The lowest BCUT2D eigenvalue weighted by molar-refractivity contribution is 0.427. The third-order valence-corrected chi connectivity index (χ3v) is 5.94. The lowest BCUT2D eigenvalue weighted by atomic mass is 10.2. The molecule has 3 aromatic heterocycles. The normalized spacial score (nSPS) is 11.2. The minimum absolute atomic E-state index is 0.674. The van der Waals surface area contributed by atoms with Gasteiger partial charge in [-0.25, -0.2) is 0 Å². The first-order valence-corrected chi connectivity index (χ1v) is 10.3. The Morgan fingerprint density at radius 2 is 2.04 bits per heavy atom. The molecule has 0 radical (unpaired) electrons. The molecular weight excluding hydrogens is 388 g/mol. The maximum atomic E-state index is 5.97. The van der Waals surface area contributed by atoms with Crippen LogP contribution in [0.4, 0.5) is 0 Å². The molecule has 26 heavy (non-hydrogen) atoms. The van der Waals surface area contributed by atoms with Crippen LogP contribution >= 0.6 is 34.7 Å². The summed E-state index contributed by atoms with van der Waals surface area (Å²) in [5.41, 5.74) is 1.88. The second-order valence-corrected chi connectivity index (χ2v) is 7.83. The summed E-state index contributed by atoms with van der Waals surface area (Å²) in [6.07, 6.45) is 0.